The van der Waals surface area contributed by atoms with Crippen molar-refractivity contribution in [3.05, 3.63) is 0 Å². The molecule has 0 amide bonds. The molecule has 0 aromatic rings. The third-order valence-corrected chi connectivity index (χ3v) is 2.92. The molecule has 1 heterocycles. The van der Waals surface area contributed by atoms with E-state index in [1.165, 1.54) is 6.92 Å². The Labute approximate surface area is 133 Å². The summed E-state index contributed by atoms with van der Waals surface area (Å²) in [5.74, 6) is -2.69. The van der Waals surface area contributed by atoms with Crippen molar-refractivity contribution >= 4 is 23.9 Å². The summed E-state index contributed by atoms with van der Waals surface area (Å²) in [4.78, 5) is 45.1. The molecule has 0 aromatic heterocycles. The van der Waals surface area contributed by atoms with Crippen LogP contribution in [0, 0.1) is 0 Å². The van der Waals surface area contributed by atoms with Gasteiger partial charge in [-0.1, -0.05) is 0 Å². The number of esters is 4. The van der Waals surface area contributed by atoms with Crippen LogP contribution >= 0.6 is 0 Å². The number of carbonyl (C=O) groups excluding carboxylic acids is 4. The third kappa shape index (κ3) is 5.51. The van der Waals surface area contributed by atoms with Gasteiger partial charge < -0.3 is 23.7 Å². The monoisotopic (exact) mass is 332 g/mol. The van der Waals surface area contributed by atoms with Crippen LogP contribution in [0.5, 0.6) is 0 Å². The van der Waals surface area contributed by atoms with Crippen LogP contribution in [0.4, 0.5) is 0 Å². The predicted octanol–water partition coefficient (Wildman–Crippen LogP) is 0.0894. The second-order valence-electron chi connectivity index (χ2n) is 5.04. The average molecular weight is 332 g/mol. The molecule has 5 atom stereocenters. The normalized spacial score (nSPS) is 30.0. The molecular weight excluding hydrogens is 312 g/mol. The van der Waals surface area contributed by atoms with Gasteiger partial charge in [-0.25, -0.2) is 0 Å². The number of ether oxygens (including phenoxy) is 5. The van der Waals surface area contributed by atoms with Crippen molar-refractivity contribution in [3.8, 4) is 0 Å². The molecule has 130 valence electrons. The fourth-order valence-electron chi connectivity index (χ4n) is 2.23. The van der Waals surface area contributed by atoms with Crippen LogP contribution in [0.25, 0.3) is 0 Å². The first-order chi connectivity index (χ1) is 10.6. The maximum atomic E-state index is 11.4. The Balaban J connectivity index is 3.15. The summed E-state index contributed by atoms with van der Waals surface area (Å²) in [5.41, 5.74) is 0. The Morgan fingerprint density at radius 1 is 0.652 bits per heavy atom. The molecule has 0 aromatic carbocycles. The maximum Gasteiger partial charge on any atom is 0.305 e. The SMILES string of the molecule is CC(=O)OC1[C@@H](OC(C)=O)OC(C)[C@H](OC(C)=O)[C@@H]1OC(C)=O. The molecule has 1 fully saturated rings. The summed E-state index contributed by atoms with van der Waals surface area (Å²) in [7, 11) is 0. The van der Waals surface area contributed by atoms with E-state index in [4.69, 9.17) is 23.7 Å². The Bertz CT molecular complexity index is 487. The van der Waals surface area contributed by atoms with E-state index in [0.717, 1.165) is 20.8 Å². The zero-order valence-electron chi connectivity index (χ0n) is 13.6. The molecule has 0 spiro atoms. The van der Waals surface area contributed by atoms with Gasteiger partial charge in [-0.2, -0.15) is 0 Å². The summed E-state index contributed by atoms with van der Waals surface area (Å²) >= 11 is 0. The van der Waals surface area contributed by atoms with E-state index >= 15 is 0 Å². The molecule has 23 heavy (non-hydrogen) atoms. The van der Waals surface area contributed by atoms with E-state index in [9.17, 15) is 19.2 Å². The zero-order valence-corrected chi connectivity index (χ0v) is 13.6. The van der Waals surface area contributed by atoms with Gasteiger partial charge in [-0.05, 0) is 6.92 Å². The molecule has 1 aliphatic heterocycles. The van der Waals surface area contributed by atoms with E-state index in [2.05, 4.69) is 0 Å². The first-order valence-electron chi connectivity index (χ1n) is 6.96. The van der Waals surface area contributed by atoms with Crippen LogP contribution in [-0.2, 0) is 42.9 Å². The van der Waals surface area contributed by atoms with Crippen molar-refractivity contribution in [2.24, 2.45) is 0 Å². The second-order valence-corrected chi connectivity index (χ2v) is 5.04. The zero-order chi connectivity index (χ0) is 17.7. The number of hydrogen-bond acceptors (Lipinski definition) is 9. The van der Waals surface area contributed by atoms with Crippen LogP contribution in [-0.4, -0.2) is 54.6 Å². The summed E-state index contributed by atoms with van der Waals surface area (Å²) in [6.45, 7) is 6.16. The Morgan fingerprint density at radius 3 is 1.48 bits per heavy atom. The third-order valence-electron chi connectivity index (χ3n) is 2.92. The molecule has 0 N–H and O–H groups in total. The summed E-state index contributed by atoms with van der Waals surface area (Å²) < 4.78 is 25.7. The van der Waals surface area contributed by atoms with Crippen molar-refractivity contribution in [2.75, 3.05) is 0 Å². The largest absolute Gasteiger partial charge is 0.456 e. The lowest BCUT2D eigenvalue weighted by molar-refractivity contribution is -0.292. The van der Waals surface area contributed by atoms with Crippen molar-refractivity contribution in [1.82, 2.24) is 0 Å². The molecule has 0 saturated carbocycles. The minimum atomic E-state index is -1.29. The lowest BCUT2D eigenvalue weighted by Crippen LogP contribution is -2.61. The number of hydrogen-bond donors (Lipinski definition) is 0. The lowest BCUT2D eigenvalue weighted by Gasteiger charge is -2.42. The Hall–Kier alpha value is -2.16. The van der Waals surface area contributed by atoms with Crippen LogP contribution < -0.4 is 0 Å². The highest BCUT2D eigenvalue weighted by molar-refractivity contribution is 5.69. The van der Waals surface area contributed by atoms with E-state index in [0.29, 0.717) is 0 Å². The molecule has 0 aliphatic carbocycles. The smallest absolute Gasteiger partial charge is 0.305 e. The summed E-state index contributed by atoms with van der Waals surface area (Å²) in [5, 5.41) is 0. The molecule has 1 saturated heterocycles. The molecule has 9 heteroatoms. The highest BCUT2D eigenvalue weighted by Crippen LogP contribution is 2.29. The molecule has 1 rings (SSSR count). The quantitative estimate of drug-likeness (QED) is 0.521. The molecule has 2 unspecified atom stereocenters. The topological polar surface area (TPSA) is 114 Å². The molecule has 1 aliphatic rings. The number of carbonyl (C=O) groups is 4. The van der Waals surface area contributed by atoms with Gasteiger partial charge in [-0.3, -0.25) is 19.2 Å². The highest BCUT2D eigenvalue weighted by atomic mass is 16.7. The maximum absolute atomic E-state index is 11.4. The molecule has 0 radical (unpaired) electrons. The van der Waals surface area contributed by atoms with Crippen molar-refractivity contribution in [1.29, 1.82) is 0 Å². The van der Waals surface area contributed by atoms with Crippen molar-refractivity contribution in [3.63, 3.8) is 0 Å². The Kier molecular flexibility index (Phi) is 6.49. The Morgan fingerprint density at radius 2 is 1.04 bits per heavy atom. The molecular formula is C14H20O9. The van der Waals surface area contributed by atoms with Crippen molar-refractivity contribution in [2.45, 2.75) is 65.3 Å². The van der Waals surface area contributed by atoms with Gasteiger partial charge in [0.05, 0.1) is 6.10 Å². The van der Waals surface area contributed by atoms with Gasteiger partial charge in [-0.15, -0.1) is 0 Å². The van der Waals surface area contributed by atoms with Gasteiger partial charge in [0.25, 0.3) is 0 Å². The van der Waals surface area contributed by atoms with Gasteiger partial charge in [0.2, 0.25) is 12.4 Å². The second kappa shape index (κ2) is 7.91. The average Bonchev–Trinajstić information content (AvgIpc) is 2.36. The predicted molar refractivity (Wildman–Crippen MR) is 72.8 cm³/mol. The van der Waals surface area contributed by atoms with E-state index in [1.807, 2.05) is 0 Å². The van der Waals surface area contributed by atoms with Gasteiger partial charge in [0, 0.05) is 27.7 Å². The van der Waals surface area contributed by atoms with E-state index in [-0.39, 0.29) is 0 Å². The first-order valence-corrected chi connectivity index (χ1v) is 6.96. The van der Waals surface area contributed by atoms with E-state index in [1.54, 1.807) is 6.92 Å². The highest BCUT2D eigenvalue weighted by Gasteiger charge is 2.51. The van der Waals surface area contributed by atoms with Crippen LogP contribution in [0.1, 0.15) is 34.6 Å². The number of rotatable bonds is 4. The van der Waals surface area contributed by atoms with Crippen LogP contribution in [0.2, 0.25) is 0 Å². The lowest BCUT2D eigenvalue weighted by atomic mass is 9.99. The fourth-order valence-corrected chi connectivity index (χ4v) is 2.23. The van der Waals surface area contributed by atoms with Crippen LogP contribution in [0.15, 0.2) is 0 Å². The van der Waals surface area contributed by atoms with Gasteiger partial charge in [0.1, 0.15) is 0 Å². The summed E-state index contributed by atoms with van der Waals surface area (Å²) in [6.07, 6.45) is -5.51. The van der Waals surface area contributed by atoms with Crippen molar-refractivity contribution < 1.29 is 42.9 Å². The summed E-state index contributed by atoms with van der Waals surface area (Å²) in [6, 6.07) is 0. The molecule has 9 nitrogen and oxygen atoms in total. The minimum Gasteiger partial charge on any atom is -0.456 e. The minimum absolute atomic E-state index is 0.630. The first kappa shape index (κ1) is 18.9. The van der Waals surface area contributed by atoms with Gasteiger partial charge in [0.15, 0.2) is 12.2 Å². The molecule has 0 bridgehead atoms. The van der Waals surface area contributed by atoms with Crippen LogP contribution in [0.3, 0.4) is 0 Å². The van der Waals surface area contributed by atoms with Gasteiger partial charge >= 0.3 is 23.9 Å². The standard InChI is InChI=1S/C14H20O9/c1-6-11(20-7(2)15)12(21-8(3)16)13(22-9(4)17)14(19-6)23-10(5)18/h6,11-14H,1-5H3/t6?,11-,12-,13?,14+/m0/s1. The van der Waals surface area contributed by atoms with E-state index < -0.39 is 54.6 Å². The fraction of sp³-hybridized carbons (Fsp3) is 0.714.